The Hall–Kier alpha value is -2.35. The Morgan fingerprint density at radius 1 is 1.47 bits per heavy atom. The smallest absolute Gasteiger partial charge is 0.273 e. The summed E-state index contributed by atoms with van der Waals surface area (Å²) in [6, 6.07) is 3.42. The van der Waals surface area contributed by atoms with E-state index < -0.39 is 11.5 Å². The van der Waals surface area contributed by atoms with E-state index in [4.69, 9.17) is 4.74 Å². The SMILES string of the molecule is CNC(=O)c1c(Nc2ccc(OC)nc2)s[nH]c1=O. The topological polar surface area (TPSA) is 96.1 Å². The number of pyridine rings is 1. The van der Waals surface area contributed by atoms with Crippen molar-refractivity contribution in [3.8, 4) is 5.88 Å². The highest BCUT2D eigenvalue weighted by Gasteiger charge is 2.17. The van der Waals surface area contributed by atoms with E-state index in [9.17, 15) is 9.59 Å². The van der Waals surface area contributed by atoms with Crippen LogP contribution in [0.2, 0.25) is 0 Å². The van der Waals surface area contributed by atoms with Gasteiger partial charge in [0, 0.05) is 13.1 Å². The van der Waals surface area contributed by atoms with E-state index in [1.165, 1.54) is 14.2 Å². The van der Waals surface area contributed by atoms with Crippen molar-refractivity contribution in [3.63, 3.8) is 0 Å². The molecule has 0 saturated heterocycles. The number of carbonyl (C=O) groups is 1. The minimum Gasteiger partial charge on any atom is -0.481 e. The molecule has 100 valence electrons. The van der Waals surface area contributed by atoms with Gasteiger partial charge in [0.25, 0.3) is 11.5 Å². The van der Waals surface area contributed by atoms with E-state index in [2.05, 4.69) is 20.0 Å². The second-order valence-corrected chi connectivity index (χ2v) is 4.35. The van der Waals surface area contributed by atoms with Gasteiger partial charge in [-0.2, -0.15) is 0 Å². The molecule has 0 radical (unpaired) electrons. The van der Waals surface area contributed by atoms with E-state index >= 15 is 0 Å². The van der Waals surface area contributed by atoms with Crippen LogP contribution >= 0.6 is 11.5 Å². The first-order chi connectivity index (χ1) is 9.15. The number of amides is 1. The maximum atomic E-state index is 11.6. The first-order valence-electron chi connectivity index (χ1n) is 5.36. The summed E-state index contributed by atoms with van der Waals surface area (Å²) >= 11 is 1.06. The Morgan fingerprint density at radius 2 is 2.26 bits per heavy atom. The molecule has 2 heterocycles. The highest BCUT2D eigenvalue weighted by Crippen LogP contribution is 2.22. The normalized spacial score (nSPS) is 10.0. The first kappa shape index (κ1) is 13.1. The molecule has 0 aromatic carbocycles. The van der Waals surface area contributed by atoms with E-state index in [0.29, 0.717) is 16.6 Å². The summed E-state index contributed by atoms with van der Waals surface area (Å²) in [5.74, 6) is 0.0470. The van der Waals surface area contributed by atoms with Crippen LogP contribution in [-0.2, 0) is 0 Å². The molecule has 19 heavy (non-hydrogen) atoms. The second kappa shape index (κ2) is 5.53. The van der Waals surface area contributed by atoms with Gasteiger partial charge in [-0.15, -0.1) is 0 Å². The summed E-state index contributed by atoms with van der Waals surface area (Å²) in [5.41, 5.74) is 0.290. The van der Waals surface area contributed by atoms with Gasteiger partial charge in [-0.1, -0.05) is 0 Å². The Morgan fingerprint density at radius 3 is 2.84 bits per heavy atom. The predicted molar refractivity (Wildman–Crippen MR) is 72.4 cm³/mol. The Balaban J connectivity index is 2.28. The number of rotatable bonds is 4. The number of hydrogen-bond donors (Lipinski definition) is 3. The lowest BCUT2D eigenvalue weighted by Gasteiger charge is -2.05. The van der Waals surface area contributed by atoms with Crippen molar-refractivity contribution in [1.82, 2.24) is 14.7 Å². The molecule has 0 unspecified atom stereocenters. The van der Waals surface area contributed by atoms with Gasteiger partial charge in [-0.3, -0.25) is 14.0 Å². The van der Waals surface area contributed by atoms with Gasteiger partial charge in [0.1, 0.15) is 10.6 Å². The fraction of sp³-hybridized carbons (Fsp3) is 0.182. The number of aromatic nitrogens is 2. The number of H-pyrrole nitrogens is 1. The summed E-state index contributed by atoms with van der Waals surface area (Å²) in [5, 5.41) is 5.83. The molecule has 1 amide bonds. The van der Waals surface area contributed by atoms with Gasteiger partial charge >= 0.3 is 0 Å². The van der Waals surface area contributed by atoms with Gasteiger partial charge in [0.2, 0.25) is 5.88 Å². The number of anilines is 2. The highest BCUT2D eigenvalue weighted by molar-refractivity contribution is 7.10. The lowest BCUT2D eigenvalue weighted by molar-refractivity contribution is 0.0963. The average Bonchev–Trinajstić information content (AvgIpc) is 2.80. The second-order valence-electron chi connectivity index (χ2n) is 3.53. The number of nitrogens with one attached hydrogen (secondary N) is 3. The molecular weight excluding hydrogens is 268 g/mol. The van der Waals surface area contributed by atoms with Gasteiger partial charge in [-0.05, 0) is 17.6 Å². The van der Waals surface area contributed by atoms with Crippen molar-refractivity contribution in [1.29, 1.82) is 0 Å². The molecule has 3 N–H and O–H groups in total. The molecule has 2 rings (SSSR count). The number of ether oxygens (including phenoxy) is 1. The fourth-order valence-corrected chi connectivity index (χ4v) is 2.18. The lowest BCUT2D eigenvalue weighted by atomic mass is 10.3. The summed E-state index contributed by atoms with van der Waals surface area (Å²) < 4.78 is 7.46. The molecule has 0 aliphatic heterocycles. The van der Waals surface area contributed by atoms with Crippen LogP contribution in [0, 0.1) is 0 Å². The van der Waals surface area contributed by atoms with Crippen LogP contribution in [0.5, 0.6) is 5.88 Å². The lowest BCUT2D eigenvalue weighted by Crippen LogP contribution is -2.24. The van der Waals surface area contributed by atoms with Crippen molar-refractivity contribution in [2.75, 3.05) is 19.5 Å². The van der Waals surface area contributed by atoms with Crippen LogP contribution in [0.4, 0.5) is 10.7 Å². The van der Waals surface area contributed by atoms with Crippen LogP contribution in [0.15, 0.2) is 23.1 Å². The summed E-state index contributed by atoms with van der Waals surface area (Å²) in [7, 11) is 3.00. The van der Waals surface area contributed by atoms with E-state index in [1.807, 2.05) is 0 Å². The molecule has 7 nitrogen and oxygen atoms in total. The molecule has 0 fully saturated rings. The molecule has 2 aromatic heterocycles. The Bertz CT molecular complexity index is 632. The molecule has 0 bridgehead atoms. The molecule has 0 saturated carbocycles. The largest absolute Gasteiger partial charge is 0.481 e. The number of aromatic amines is 1. The van der Waals surface area contributed by atoms with Crippen molar-refractivity contribution < 1.29 is 9.53 Å². The van der Waals surface area contributed by atoms with E-state index in [-0.39, 0.29) is 5.56 Å². The molecule has 2 aromatic rings. The van der Waals surface area contributed by atoms with Crippen LogP contribution in [0.1, 0.15) is 10.4 Å². The molecule has 8 heteroatoms. The molecular formula is C11H12N4O3S. The van der Waals surface area contributed by atoms with Crippen molar-refractivity contribution >= 4 is 28.1 Å². The van der Waals surface area contributed by atoms with Crippen molar-refractivity contribution in [2.24, 2.45) is 0 Å². The van der Waals surface area contributed by atoms with Crippen LogP contribution in [0.25, 0.3) is 0 Å². The zero-order chi connectivity index (χ0) is 13.8. The maximum absolute atomic E-state index is 11.6. The molecule has 0 atom stereocenters. The summed E-state index contributed by atoms with van der Waals surface area (Å²) in [6.45, 7) is 0. The Labute approximate surface area is 112 Å². The number of methoxy groups -OCH3 is 1. The van der Waals surface area contributed by atoms with Crippen LogP contribution in [-0.4, -0.2) is 29.4 Å². The minimum absolute atomic E-state index is 0.0586. The number of nitrogens with zero attached hydrogens (tertiary/aromatic N) is 1. The van der Waals surface area contributed by atoms with Crippen molar-refractivity contribution in [3.05, 3.63) is 34.2 Å². The predicted octanol–water partition coefficient (Wildman–Crippen LogP) is 0.943. The average molecular weight is 280 g/mol. The van der Waals surface area contributed by atoms with Crippen molar-refractivity contribution in [2.45, 2.75) is 0 Å². The third-order valence-corrected chi connectivity index (χ3v) is 3.16. The van der Waals surface area contributed by atoms with E-state index in [1.54, 1.807) is 18.3 Å². The first-order valence-corrected chi connectivity index (χ1v) is 6.18. The molecule has 0 spiro atoms. The number of hydrogen-bond acceptors (Lipinski definition) is 6. The summed E-state index contributed by atoms with van der Waals surface area (Å²) in [6.07, 6.45) is 1.55. The fourth-order valence-electron chi connectivity index (χ4n) is 1.43. The van der Waals surface area contributed by atoms with Gasteiger partial charge in [0.15, 0.2) is 0 Å². The van der Waals surface area contributed by atoms with Gasteiger partial charge in [-0.25, -0.2) is 4.98 Å². The minimum atomic E-state index is -0.438. The van der Waals surface area contributed by atoms with E-state index in [0.717, 1.165) is 11.5 Å². The van der Waals surface area contributed by atoms with Crippen LogP contribution in [0.3, 0.4) is 0 Å². The summed E-state index contributed by atoms with van der Waals surface area (Å²) in [4.78, 5) is 27.2. The zero-order valence-corrected chi connectivity index (χ0v) is 11.1. The third kappa shape index (κ3) is 2.74. The number of carbonyl (C=O) groups excluding carboxylic acids is 1. The van der Waals surface area contributed by atoms with Gasteiger partial charge < -0.3 is 15.4 Å². The monoisotopic (exact) mass is 280 g/mol. The Kier molecular flexibility index (Phi) is 3.81. The maximum Gasteiger partial charge on any atom is 0.273 e. The van der Waals surface area contributed by atoms with Gasteiger partial charge in [0.05, 0.1) is 19.0 Å². The molecule has 0 aliphatic carbocycles. The molecule has 0 aliphatic rings. The quantitative estimate of drug-likeness (QED) is 0.774. The highest BCUT2D eigenvalue weighted by atomic mass is 32.1. The standard InChI is InChI=1S/C11H12N4O3S/c1-12-9(16)8-10(17)15-19-11(8)14-6-3-4-7(18-2)13-5-6/h3-5,14H,1-2H3,(H,12,16)(H,15,17). The zero-order valence-electron chi connectivity index (χ0n) is 10.3. The third-order valence-electron chi connectivity index (χ3n) is 2.36. The van der Waals surface area contributed by atoms with Crippen LogP contribution < -0.4 is 20.9 Å².